The summed E-state index contributed by atoms with van der Waals surface area (Å²) in [5.41, 5.74) is 5.80. The van der Waals surface area contributed by atoms with Crippen molar-refractivity contribution in [1.29, 1.82) is 0 Å². The lowest BCUT2D eigenvalue weighted by atomic mass is 9.92. The fraction of sp³-hybridized carbons (Fsp3) is 0.933. The van der Waals surface area contributed by atoms with Crippen molar-refractivity contribution >= 4 is 5.91 Å². The molecule has 2 heterocycles. The van der Waals surface area contributed by atoms with Crippen LogP contribution in [0.15, 0.2) is 0 Å². The SMILES string of the molecule is CC(C)C[C@H](CN)CC(=O)N1C2CCC1CC(O)C2. The van der Waals surface area contributed by atoms with Gasteiger partial charge in [-0.05, 0) is 50.5 Å². The molecule has 2 rings (SSSR count). The van der Waals surface area contributed by atoms with Gasteiger partial charge in [-0.2, -0.15) is 0 Å². The van der Waals surface area contributed by atoms with E-state index < -0.39 is 0 Å². The van der Waals surface area contributed by atoms with Crippen LogP contribution in [-0.2, 0) is 4.79 Å². The predicted molar refractivity (Wildman–Crippen MR) is 75.5 cm³/mol. The van der Waals surface area contributed by atoms with Gasteiger partial charge >= 0.3 is 0 Å². The van der Waals surface area contributed by atoms with Crippen LogP contribution in [0.5, 0.6) is 0 Å². The fourth-order valence-electron chi connectivity index (χ4n) is 3.84. The molecular formula is C15H28N2O2. The van der Waals surface area contributed by atoms with Gasteiger partial charge in [-0.25, -0.2) is 0 Å². The summed E-state index contributed by atoms with van der Waals surface area (Å²) in [5.74, 6) is 1.15. The molecule has 0 aromatic heterocycles. The molecule has 2 saturated heterocycles. The van der Waals surface area contributed by atoms with E-state index in [2.05, 4.69) is 18.7 Å². The fourth-order valence-corrected chi connectivity index (χ4v) is 3.84. The summed E-state index contributed by atoms with van der Waals surface area (Å²) in [7, 11) is 0. The first-order valence-electron chi connectivity index (χ1n) is 7.70. The summed E-state index contributed by atoms with van der Waals surface area (Å²) in [5, 5.41) is 9.78. The minimum atomic E-state index is -0.206. The summed E-state index contributed by atoms with van der Waals surface area (Å²) in [6, 6.07) is 0.553. The summed E-state index contributed by atoms with van der Waals surface area (Å²) in [6.07, 6.45) is 5.05. The van der Waals surface area contributed by atoms with Crippen molar-refractivity contribution < 1.29 is 9.90 Å². The number of rotatable bonds is 5. The van der Waals surface area contributed by atoms with Gasteiger partial charge in [0.25, 0.3) is 0 Å². The number of nitrogens with two attached hydrogens (primary N) is 1. The van der Waals surface area contributed by atoms with E-state index in [0.717, 1.165) is 32.1 Å². The molecule has 4 heteroatoms. The highest BCUT2D eigenvalue weighted by molar-refractivity contribution is 5.77. The molecule has 19 heavy (non-hydrogen) atoms. The van der Waals surface area contributed by atoms with Crippen LogP contribution in [0, 0.1) is 11.8 Å². The standard InChI is InChI=1S/C15H28N2O2/c1-10(2)5-11(9-16)6-15(19)17-12-3-4-13(17)8-14(18)7-12/h10-14,18H,3-9,16H2,1-2H3/t11-,12?,13?,14?/m0/s1. The van der Waals surface area contributed by atoms with Gasteiger partial charge < -0.3 is 15.7 Å². The Balaban J connectivity index is 1.93. The number of nitrogens with zero attached hydrogens (tertiary/aromatic N) is 1. The Hall–Kier alpha value is -0.610. The van der Waals surface area contributed by atoms with Crippen molar-refractivity contribution in [3.63, 3.8) is 0 Å². The Bertz CT molecular complexity index is 305. The quantitative estimate of drug-likeness (QED) is 0.794. The first kappa shape index (κ1) is 14.8. The molecule has 2 fully saturated rings. The van der Waals surface area contributed by atoms with Gasteiger partial charge in [0.05, 0.1) is 6.10 Å². The van der Waals surface area contributed by atoms with Crippen LogP contribution >= 0.6 is 0 Å². The highest BCUT2D eigenvalue weighted by Crippen LogP contribution is 2.36. The first-order chi connectivity index (χ1) is 9.01. The van der Waals surface area contributed by atoms with Gasteiger partial charge in [0.15, 0.2) is 0 Å². The van der Waals surface area contributed by atoms with Crippen LogP contribution in [0.25, 0.3) is 0 Å². The van der Waals surface area contributed by atoms with E-state index in [4.69, 9.17) is 5.73 Å². The summed E-state index contributed by atoms with van der Waals surface area (Å²) >= 11 is 0. The minimum Gasteiger partial charge on any atom is -0.393 e. The number of hydrogen-bond acceptors (Lipinski definition) is 3. The number of carbonyl (C=O) groups is 1. The molecule has 1 amide bonds. The molecule has 2 aliphatic rings. The molecule has 0 aliphatic carbocycles. The highest BCUT2D eigenvalue weighted by Gasteiger charge is 2.42. The van der Waals surface area contributed by atoms with Crippen molar-refractivity contribution in [2.45, 2.75) is 70.6 Å². The molecule has 2 bridgehead atoms. The molecule has 2 unspecified atom stereocenters. The Kier molecular flexibility index (Phi) is 4.85. The molecule has 3 atom stereocenters. The van der Waals surface area contributed by atoms with Crippen LogP contribution in [0.2, 0.25) is 0 Å². The smallest absolute Gasteiger partial charge is 0.223 e. The molecule has 110 valence electrons. The lowest BCUT2D eigenvalue weighted by molar-refractivity contribution is -0.138. The van der Waals surface area contributed by atoms with Crippen molar-refractivity contribution in [3.8, 4) is 0 Å². The maximum atomic E-state index is 12.5. The van der Waals surface area contributed by atoms with Gasteiger partial charge in [-0.15, -0.1) is 0 Å². The Labute approximate surface area is 116 Å². The number of carbonyl (C=O) groups excluding carboxylic acids is 1. The molecule has 0 spiro atoms. The van der Waals surface area contributed by atoms with Crippen LogP contribution in [0.4, 0.5) is 0 Å². The maximum Gasteiger partial charge on any atom is 0.223 e. The Morgan fingerprint density at radius 1 is 1.32 bits per heavy atom. The van der Waals surface area contributed by atoms with Gasteiger partial charge in [-0.3, -0.25) is 4.79 Å². The molecule has 0 saturated carbocycles. The maximum absolute atomic E-state index is 12.5. The van der Waals surface area contributed by atoms with Crippen molar-refractivity contribution in [2.75, 3.05) is 6.54 Å². The number of aliphatic hydroxyl groups is 1. The van der Waals surface area contributed by atoms with E-state index in [1.54, 1.807) is 0 Å². The third-order valence-corrected chi connectivity index (χ3v) is 4.60. The second kappa shape index (κ2) is 6.23. The van der Waals surface area contributed by atoms with Crippen LogP contribution in [0.1, 0.15) is 52.4 Å². The monoisotopic (exact) mass is 268 g/mol. The second-order valence-electron chi connectivity index (χ2n) is 6.75. The van der Waals surface area contributed by atoms with Crippen molar-refractivity contribution in [1.82, 2.24) is 4.90 Å². The van der Waals surface area contributed by atoms with Crippen LogP contribution < -0.4 is 5.73 Å². The molecule has 4 nitrogen and oxygen atoms in total. The largest absolute Gasteiger partial charge is 0.393 e. The Morgan fingerprint density at radius 2 is 1.89 bits per heavy atom. The number of hydrogen-bond donors (Lipinski definition) is 2. The average molecular weight is 268 g/mol. The predicted octanol–water partition coefficient (Wildman–Crippen LogP) is 1.51. The van der Waals surface area contributed by atoms with E-state index >= 15 is 0 Å². The Morgan fingerprint density at radius 3 is 2.37 bits per heavy atom. The zero-order valence-corrected chi connectivity index (χ0v) is 12.2. The van der Waals surface area contributed by atoms with E-state index in [-0.39, 0.29) is 24.1 Å². The lowest BCUT2D eigenvalue weighted by Crippen LogP contribution is -2.48. The third-order valence-electron chi connectivity index (χ3n) is 4.60. The van der Waals surface area contributed by atoms with Crippen LogP contribution in [-0.4, -0.2) is 40.6 Å². The summed E-state index contributed by atoms with van der Waals surface area (Å²) in [4.78, 5) is 14.6. The van der Waals surface area contributed by atoms with Crippen molar-refractivity contribution in [2.24, 2.45) is 17.6 Å². The van der Waals surface area contributed by atoms with Gasteiger partial charge in [-0.1, -0.05) is 13.8 Å². The van der Waals surface area contributed by atoms with Gasteiger partial charge in [0.2, 0.25) is 5.91 Å². The highest BCUT2D eigenvalue weighted by atomic mass is 16.3. The zero-order chi connectivity index (χ0) is 14.0. The number of fused-ring (bicyclic) bond motifs is 2. The number of aliphatic hydroxyl groups excluding tert-OH is 1. The van der Waals surface area contributed by atoms with Crippen LogP contribution in [0.3, 0.4) is 0 Å². The molecule has 0 aromatic carbocycles. The first-order valence-corrected chi connectivity index (χ1v) is 7.70. The van der Waals surface area contributed by atoms with E-state index in [1.165, 1.54) is 0 Å². The van der Waals surface area contributed by atoms with Crippen molar-refractivity contribution in [3.05, 3.63) is 0 Å². The molecule has 3 N–H and O–H groups in total. The molecule has 0 aromatic rings. The summed E-state index contributed by atoms with van der Waals surface area (Å²) in [6.45, 7) is 4.94. The molecule has 2 aliphatic heterocycles. The van der Waals surface area contributed by atoms with E-state index in [1.807, 2.05) is 0 Å². The lowest BCUT2D eigenvalue weighted by Gasteiger charge is -2.38. The second-order valence-corrected chi connectivity index (χ2v) is 6.75. The van der Waals surface area contributed by atoms with E-state index in [0.29, 0.717) is 24.8 Å². The van der Waals surface area contributed by atoms with E-state index in [9.17, 15) is 9.90 Å². The number of piperidine rings is 1. The normalized spacial score (nSPS) is 31.8. The topological polar surface area (TPSA) is 66.6 Å². The minimum absolute atomic E-state index is 0.206. The average Bonchev–Trinajstić information content (AvgIpc) is 2.60. The third kappa shape index (κ3) is 3.48. The van der Waals surface area contributed by atoms with Gasteiger partial charge in [0, 0.05) is 18.5 Å². The zero-order valence-electron chi connectivity index (χ0n) is 12.2. The molecular weight excluding hydrogens is 240 g/mol. The summed E-state index contributed by atoms with van der Waals surface area (Å²) < 4.78 is 0. The van der Waals surface area contributed by atoms with Gasteiger partial charge in [0.1, 0.15) is 0 Å². The molecule has 0 radical (unpaired) electrons. The number of amides is 1.